The van der Waals surface area contributed by atoms with Gasteiger partial charge in [-0.3, -0.25) is 14.2 Å². The molecule has 0 unspecified atom stereocenters. The largest absolute Gasteiger partial charge is 0.340 e. The lowest BCUT2D eigenvalue weighted by Gasteiger charge is -2.22. The molecule has 1 fully saturated rings. The van der Waals surface area contributed by atoms with Crippen molar-refractivity contribution in [3.05, 3.63) is 70.5 Å². The summed E-state index contributed by atoms with van der Waals surface area (Å²) in [5.74, 6) is -0.873. The van der Waals surface area contributed by atoms with E-state index in [9.17, 15) is 22.4 Å². The van der Waals surface area contributed by atoms with Gasteiger partial charge in [-0.1, -0.05) is 17.7 Å². The summed E-state index contributed by atoms with van der Waals surface area (Å²) in [5.41, 5.74) is 0.825. The Bertz CT molecular complexity index is 1320. The lowest BCUT2D eigenvalue weighted by atomic mass is 10.2. The number of aromatic nitrogens is 2. The lowest BCUT2D eigenvalue weighted by molar-refractivity contribution is -0.131. The van der Waals surface area contributed by atoms with E-state index in [0.717, 1.165) is 16.2 Å². The molecule has 32 heavy (non-hydrogen) atoms. The predicted octanol–water partition coefficient (Wildman–Crippen LogP) is 1.77. The monoisotopic (exact) mass is 458 g/mol. The van der Waals surface area contributed by atoms with E-state index < -0.39 is 21.4 Å². The van der Waals surface area contributed by atoms with E-state index in [1.165, 1.54) is 22.8 Å². The normalized spacial score (nSPS) is 15.6. The third kappa shape index (κ3) is 4.42. The Kier molecular flexibility index (Phi) is 6.07. The van der Waals surface area contributed by atoms with Crippen LogP contribution in [-0.4, -0.2) is 59.3 Å². The van der Waals surface area contributed by atoms with Crippen molar-refractivity contribution < 1.29 is 17.6 Å². The summed E-state index contributed by atoms with van der Waals surface area (Å²) in [7, 11) is -3.65. The van der Waals surface area contributed by atoms with Crippen molar-refractivity contribution in [3.8, 4) is 0 Å². The molecule has 0 bridgehead atoms. The van der Waals surface area contributed by atoms with Crippen molar-refractivity contribution in [2.45, 2.75) is 24.8 Å². The fraction of sp³-hybridized carbons (Fsp3) is 0.318. The molecular formula is C22H23FN4O4S. The molecule has 1 aliphatic rings. The van der Waals surface area contributed by atoms with E-state index in [1.807, 2.05) is 6.92 Å². The van der Waals surface area contributed by atoms with Gasteiger partial charge in [-0.25, -0.2) is 17.8 Å². The second-order valence-electron chi connectivity index (χ2n) is 7.79. The topological polar surface area (TPSA) is 92.6 Å². The van der Waals surface area contributed by atoms with Crippen LogP contribution in [0.15, 0.2) is 58.5 Å². The number of benzene rings is 2. The third-order valence-corrected chi connectivity index (χ3v) is 7.47. The number of sulfonamides is 1. The number of hydrogen-bond acceptors (Lipinski definition) is 5. The maximum atomic E-state index is 13.5. The van der Waals surface area contributed by atoms with Gasteiger partial charge in [-0.15, -0.1) is 0 Å². The van der Waals surface area contributed by atoms with Crippen LogP contribution in [0.2, 0.25) is 0 Å². The fourth-order valence-electron chi connectivity index (χ4n) is 3.73. The number of hydrogen-bond donors (Lipinski definition) is 0. The number of carbonyl (C=O) groups excluding carboxylic acids is 1. The first kappa shape index (κ1) is 22.1. The highest BCUT2D eigenvalue weighted by Gasteiger charge is 2.28. The van der Waals surface area contributed by atoms with Gasteiger partial charge in [0, 0.05) is 26.2 Å². The van der Waals surface area contributed by atoms with Gasteiger partial charge in [0.05, 0.1) is 22.1 Å². The average molecular weight is 459 g/mol. The Morgan fingerprint density at radius 3 is 2.56 bits per heavy atom. The summed E-state index contributed by atoms with van der Waals surface area (Å²) in [6, 6.07) is 10.4. The smallest absolute Gasteiger partial charge is 0.261 e. The number of amides is 1. The minimum absolute atomic E-state index is 0.103. The van der Waals surface area contributed by atoms with Crippen LogP contribution in [-0.2, 0) is 21.4 Å². The van der Waals surface area contributed by atoms with Crippen LogP contribution in [0.4, 0.5) is 4.39 Å². The van der Waals surface area contributed by atoms with Crippen LogP contribution in [0.1, 0.15) is 12.0 Å². The summed E-state index contributed by atoms with van der Waals surface area (Å²) in [6.07, 6.45) is 1.75. The first-order valence-electron chi connectivity index (χ1n) is 10.2. The molecule has 3 aromatic rings. The number of carbonyl (C=O) groups is 1. The molecule has 1 saturated heterocycles. The number of rotatable bonds is 4. The summed E-state index contributed by atoms with van der Waals surface area (Å²) >= 11 is 0. The standard InChI is InChI=1S/C22H23FN4O4S/c1-16-3-6-18(7-4-16)32(30,31)27-10-2-9-25(11-12-27)21(28)14-26-15-24-20-8-5-17(23)13-19(20)22(26)29/h3-8,13,15H,2,9-12,14H2,1H3. The van der Waals surface area contributed by atoms with Crippen molar-refractivity contribution in [2.24, 2.45) is 0 Å². The van der Waals surface area contributed by atoms with E-state index in [2.05, 4.69) is 4.98 Å². The van der Waals surface area contributed by atoms with Crippen LogP contribution in [0.25, 0.3) is 10.9 Å². The zero-order chi connectivity index (χ0) is 22.9. The molecule has 0 N–H and O–H groups in total. The van der Waals surface area contributed by atoms with Gasteiger partial charge in [0.25, 0.3) is 5.56 Å². The molecule has 8 nitrogen and oxygen atoms in total. The lowest BCUT2D eigenvalue weighted by Crippen LogP contribution is -2.40. The van der Waals surface area contributed by atoms with Crippen molar-refractivity contribution in [3.63, 3.8) is 0 Å². The summed E-state index contributed by atoms with van der Waals surface area (Å²) in [4.78, 5) is 31.4. The molecule has 1 aromatic heterocycles. The number of halogens is 1. The second-order valence-corrected chi connectivity index (χ2v) is 9.73. The minimum atomic E-state index is -3.65. The fourth-order valence-corrected chi connectivity index (χ4v) is 5.20. The maximum absolute atomic E-state index is 13.5. The molecule has 0 spiro atoms. The van der Waals surface area contributed by atoms with E-state index in [-0.39, 0.29) is 35.8 Å². The van der Waals surface area contributed by atoms with Gasteiger partial charge < -0.3 is 4.90 Å². The quantitative estimate of drug-likeness (QED) is 0.594. The van der Waals surface area contributed by atoms with Crippen LogP contribution >= 0.6 is 0 Å². The van der Waals surface area contributed by atoms with E-state index in [0.29, 0.717) is 25.0 Å². The molecule has 0 radical (unpaired) electrons. The van der Waals surface area contributed by atoms with Crippen molar-refractivity contribution in [1.29, 1.82) is 0 Å². The van der Waals surface area contributed by atoms with Gasteiger partial charge in [-0.05, 0) is 43.7 Å². The summed E-state index contributed by atoms with van der Waals surface area (Å²) in [5, 5.41) is 0.103. The maximum Gasteiger partial charge on any atom is 0.261 e. The molecule has 10 heteroatoms. The highest BCUT2D eigenvalue weighted by molar-refractivity contribution is 7.89. The summed E-state index contributed by atoms with van der Waals surface area (Å²) in [6.45, 7) is 2.70. The molecule has 0 saturated carbocycles. The highest BCUT2D eigenvalue weighted by Crippen LogP contribution is 2.18. The Morgan fingerprint density at radius 1 is 1.06 bits per heavy atom. The third-order valence-electron chi connectivity index (χ3n) is 5.56. The van der Waals surface area contributed by atoms with E-state index in [1.54, 1.807) is 29.2 Å². The SMILES string of the molecule is Cc1ccc(S(=O)(=O)N2CCCN(C(=O)Cn3cnc4ccc(F)cc4c3=O)CC2)cc1. The Balaban J connectivity index is 1.47. The first-order chi connectivity index (χ1) is 15.3. The van der Waals surface area contributed by atoms with E-state index >= 15 is 0 Å². The molecule has 4 rings (SSSR count). The first-order valence-corrected chi connectivity index (χ1v) is 11.7. The Morgan fingerprint density at radius 2 is 1.81 bits per heavy atom. The number of nitrogens with zero attached hydrogens (tertiary/aromatic N) is 4. The van der Waals surface area contributed by atoms with Crippen molar-refractivity contribution >= 4 is 26.8 Å². The number of aryl methyl sites for hydroxylation is 1. The van der Waals surface area contributed by atoms with Crippen LogP contribution in [0.3, 0.4) is 0 Å². The summed E-state index contributed by atoms with van der Waals surface area (Å²) < 4.78 is 42.0. The van der Waals surface area contributed by atoms with Crippen molar-refractivity contribution in [2.75, 3.05) is 26.2 Å². The molecule has 0 atom stereocenters. The van der Waals surface area contributed by atoms with Gasteiger partial charge in [0.1, 0.15) is 12.4 Å². The molecule has 1 amide bonds. The minimum Gasteiger partial charge on any atom is -0.340 e. The molecule has 2 aromatic carbocycles. The van der Waals surface area contributed by atoms with Gasteiger partial charge in [0.2, 0.25) is 15.9 Å². The predicted molar refractivity (Wildman–Crippen MR) is 117 cm³/mol. The van der Waals surface area contributed by atoms with Gasteiger partial charge in [-0.2, -0.15) is 4.31 Å². The molecule has 168 valence electrons. The second kappa shape index (κ2) is 8.79. The zero-order valence-electron chi connectivity index (χ0n) is 17.6. The molecule has 0 aliphatic carbocycles. The van der Waals surface area contributed by atoms with Crippen LogP contribution in [0, 0.1) is 12.7 Å². The van der Waals surface area contributed by atoms with Crippen LogP contribution < -0.4 is 5.56 Å². The van der Waals surface area contributed by atoms with E-state index in [4.69, 9.17) is 0 Å². The Labute approximate surface area is 185 Å². The van der Waals surface area contributed by atoms with Crippen LogP contribution in [0.5, 0.6) is 0 Å². The molecule has 1 aliphatic heterocycles. The Hall–Kier alpha value is -3.11. The molecule has 2 heterocycles. The van der Waals surface area contributed by atoms with Crippen molar-refractivity contribution in [1.82, 2.24) is 18.8 Å². The average Bonchev–Trinajstić information content (AvgIpc) is 3.03. The number of fused-ring (bicyclic) bond motifs is 1. The van der Waals surface area contributed by atoms with Gasteiger partial charge >= 0.3 is 0 Å². The molecular weight excluding hydrogens is 435 g/mol. The zero-order valence-corrected chi connectivity index (χ0v) is 18.4. The van der Waals surface area contributed by atoms with Gasteiger partial charge in [0.15, 0.2) is 0 Å². The highest BCUT2D eigenvalue weighted by atomic mass is 32.2.